The molecular weight excluding hydrogens is 285 g/mol. The highest BCUT2D eigenvalue weighted by molar-refractivity contribution is 7.10. The van der Waals surface area contributed by atoms with E-state index in [1.54, 1.807) is 29.5 Å². The van der Waals surface area contributed by atoms with E-state index in [1.807, 2.05) is 5.38 Å². The highest BCUT2D eigenvalue weighted by atomic mass is 32.1. The molecule has 0 radical (unpaired) electrons. The van der Waals surface area contributed by atoms with Crippen LogP contribution in [0.2, 0.25) is 0 Å². The Morgan fingerprint density at radius 2 is 2.24 bits per heavy atom. The van der Waals surface area contributed by atoms with Crippen molar-refractivity contribution in [3.63, 3.8) is 0 Å². The van der Waals surface area contributed by atoms with Crippen molar-refractivity contribution >= 4 is 22.9 Å². The minimum absolute atomic E-state index is 0.201. The third-order valence-corrected chi connectivity index (χ3v) is 5.25. The van der Waals surface area contributed by atoms with Crippen LogP contribution in [0.3, 0.4) is 0 Å². The molecule has 1 amide bonds. The number of rotatable bonds is 3. The maximum atomic E-state index is 13.6. The van der Waals surface area contributed by atoms with E-state index >= 15 is 0 Å². The van der Waals surface area contributed by atoms with Gasteiger partial charge in [-0.3, -0.25) is 4.79 Å². The molecule has 1 aromatic carbocycles. The molecule has 1 N–H and O–H groups in total. The van der Waals surface area contributed by atoms with Gasteiger partial charge in [-0.25, -0.2) is 4.39 Å². The second kappa shape index (κ2) is 5.98. The third-order valence-electron chi connectivity index (χ3n) is 4.20. The quantitative estimate of drug-likeness (QED) is 0.878. The predicted molar refractivity (Wildman–Crippen MR) is 84.5 cm³/mol. The summed E-state index contributed by atoms with van der Waals surface area (Å²) in [6, 6.07) is 6.26. The second-order valence-corrected chi connectivity index (χ2v) is 6.47. The number of carbonyl (C=O) groups is 1. The first-order valence-corrected chi connectivity index (χ1v) is 8.22. The molecule has 0 aliphatic heterocycles. The average Bonchev–Trinajstić information content (AvgIpc) is 2.92. The Labute approximate surface area is 128 Å². The van der Waals surface area contributed by atoms with E-state index in [0.717, 1.165) is 25.2 Å². The van der Waals surface area contributed by atoms with Gasteiger partial charge in [0.25, 0.3) is 5.91 Å². The first-order valence-electron chi connectivity index (χ1n) is 7.34. The fourth-order valence-corrected chi connectivity index (χ4v) is 4.07. The Kier molecular flexibility index (Phi) is 4.06. The summed E-state index contributed by atoms with van der Waals surface area (Å²) < 4.78 is 13.6. The summed E-state index contributed by atoms with van der Waals surface area (Å²) in [6.45, 7) is 2.22. The van der Waals surface area contributed by atoms with Crippen molar-refractivity contribution in [2.24, 2.45) is 5.92 Å². The molecule has 1 aliphatic rings. The standard InChI is InChI=1S/C17H18FNOS/c1-2-11-7-8-12-13(10-21-16(12)9-11)17(20)19-15-6-4-3-5-14(15)18/h3-6,10-11H,2,7-9H2,1H3,(H,19,20). The van der Waals surface area contributed by atoms with Crippen LogP contribution in [0.25, 0.3) is 0 Å². The fourth-order valence-electron chi connectivity index (χ4n) is 2.87. The largest absolute Gasteiger partial charge is 0.319 e. The summed E-state index contributed by atoms with van der Waals surface area (Å²) in [4.78, 5) is 13.7. The summed E-state index contributed by atoms with van der Waals surface area (Å²) in [5, 5.41) is 4.60. The fraction of sp³-hybridized carbons (Fsp3) is 0.353. The normalized spacial score (nSPS) is 17.3. The Morgan fingerprint density at radius 3 is 3.00 bits per heavy atom. The van der Waals surface area contributed by atoms with Crippen LogP contribution in [0.4, 0.5) is 10.1 Å². The number of thiophene rings is 1. The third kappa shape index (κ3) is 2.86. The van der Waals surface area contributed by atoms with Gasteiger partial charge in [0.2, 0.25) is 0 Å². The van der Waals surface area contributed by atoms with Gasteiger partial charge >= 0.3 is 0 Å². The topological polar surface area (TPSA) is 29.1 Å². The summed E-state index contributed by atoms with van der Waals surface area (Å²) in [5.41, 5.74) is 2.12. The van der Waals surface area contributed by atoms with E-state index in [9.17, 15) is 9.18 Å². The van der Waals surface area contributed by atoms with Gasteiger partial charge in [0.05, 0.1) is 11.3 Å². The Morgan fingerprint density at radius 1 is 1.43 bits per heavy atom. The Bertz CT molecular complexity index is 665. The molecule has 21 heavy (non-hydrogen) atoms. The first kappa shape index (κ1) is 14.3. The summed E-state index contributed by atoms with van der Waals surface area (Å²) >= 11 is 1.66. The van der Waals surface area contributed by atoms with Crippen LogP contribution in [0.5, 0.6) is 0 Å². The van der Waals surface area contributed by atoms with Gasteiger partial charge in [-0.05, 0) is 42.9 Å². The lowest BCUT2D eigenvalue weighted by Crippen LogP contribution is -2.17. The summed E-state index contributed by atoms with van der Waals surface area (Å²) in [6.07, 6.45) is 4.36. The van der Waals surface area contributed by atoms with Gasteiger partial charge in [0, 0.05) is 10.3 Å². The molecule has 0 saturated carbocycles. The average molecular weight is 303 g/mol. The molecule has 1 heterocycles. The van der Waals surface area contributed by atoms with Gasteiger partial charge in [0.15, 0.2) is 0 Å². The molecule has 110 valence electrons. The predicted octanol–water partition coefficient (Wildman–Crippen LogP) is 4.65. The Hall–Kier alpha value is -1.68. The van der Waals surface area contributed by atoms with Crippen LogP contribution in [0, 0.1) is 11.7 Å². The number of hydrogen-bond acceptors (Lipinski definition) is 2. The van der Waals surface area contributed by atoms with Crippen LogP contribution >= 0.6 is 11.3 Å². The van der Waals surface area contributed by atoms with Crippen molar-refractivity contribution < 1.29 is 9.18 Å². The summed E-state index contributed by atoms with van der Waals surface area (Å²) in [5.74, 6) is 0.132. The smallest absolute Gasteiger partial charge is 0.256 e. The molecule has 0 fully saturated rings. The SMILES string of the molecule is CCC1CCc2c(C(=O)Nc3ccccc3F)csc2C1. The number of anilines is 1. The van der Waals surface area contributed by atoms with E-state index in [1.165, 1.54) is 22.9 Å². The van der Waals surface area contributed by atoms with Crippen molar-refractivity contribution in [3.8, 4) is 0 Å². The lowest BCUT2D eigenvalue weighted by molar-refractivity contribution is 0.102. The van der Waals surface area contributed by atoms with Crippen LogP contribution in [0.15, 0.2) is 29.6 Å². The summed E-state index contributed by atoms with van der Waals surface area (Å²) in [7, 11) is 0. The molecule has 2 aromatic rings. The zero-order chi connectivity index (χ0) is 14.8. The number of halogens is 1. The minimum Gasteiger partial charge on any atom is -0.319 e. The van der Waals surface area contributed by atoms with Gasteiger partial charge in [-0.1, -0.05) is 25.5 Å². The molecule has 0 bridgehead atoms. The molecule has 3 rings (SSSR count). The number of amides is 1. The number of fused-ring (bicyclic) bond motifs is 1. The Balaban J connectivity index is 1.81. The molecule has 1 aromatic heterocycles. The van der Waals surface area contributed by atoms with Gasteiger partial charge in [0.1, 0.15) is 5.82 Å². The second-order valence-electron chi connectivity index (χ2n) is 5.50. The van der Waals surface area contributed by atoms with E-state index in [-0.39, 0.29) is 11.6 Å². The maximum absolute atomic E-state index is 13.6. The zero-order valence-corrected chi connectivity index (χ0v) is 12.8. The lowest BCUT2D eigenvalue weighted by Gasteiger charge is -2.21. The van der Waals surface area contributed by atoms with Gasteiger partial charge in [-0.15, -0.1) is 11.3 Å². The van der Waals surface area contributed by atoms with Crippen molar-refractivity contribution in [3.05, 3.63) is 51.5 Å². The first-order chi connectivity index (χ1) is 10.2. The number of carbonyl (C=O) groups excluding carboxylic acids is 1. The van der Waals surface area contributed by atoms with E-state index in [2.05, 4.69) is 12.2 Å². The van der Waals surface area contributed by atoms with Crippen LogP contribution in [-0.2, 0) is 12.8 Å². The molecule has 4 heteroatoms. The molecular formula is C17H18FNOS. The van der Waals surface area contributed by atoms with E-state index in [4.69, 9.17) is 0 Å². The van der Waals surface area contributed by atoms with Crippen molar-refractivity contribution in [1.29, 1.82) is 0 Å². The highest BCUT2D eigenvalue weighted by Crippen LogP contribution is 2.34. The molecule has 1 atom stereocenters. The van der Waals surface area contributed by atoms with E-state index < -0.39 is 5.82 Å². The van der Waals surface area contributed by atoms with Crippen molar-refractivity contribution in [1.82, 2.24) is 0 Å². The number of para-hydroxylation sites is 1. The van der Waals surface area contributed by atoms with E-state index in [0.29, 0.717) is 5.56 Å². The monoisotopic (exact) mass is 303 g/mol. The lowest BCUT2D eigenvalue weighted by atomic mass is 9.86. The minimum atomic E-state index is -0.402. The molecule has 0 saturated heterocycles. The van der Waals surface area contributed by atoms with Crippen molar-refractivity contribution in [2.75, 3.05) is 5.32 Å². The maximum Gasteiger partial charge on any atom is 0.256 e. The van der Waals surface area contributed by atoms with Gasteiger partial charge < -0.3 is 5.32 Å². The molecule has 0 spiro atoms. The molecule has 2 nitrogen and oxygen atoms in total. The van der Waals surface area contributed by atoms with Crippen LogP contribution in [0.1, 0.15) is 40.6 Å². The van der Waals surface area contributed by atoms with Crippen molar-refractivity contribution in [2.45, 2.75) is 32.6 Å². The number of hydrogen-bond donors (Lipinski definition) is 1. The number of benzene rings is 1. The van der Waals surface area contributed by atoms with Crippen LogP contribution < -0.4 is 5.32 Å². The van der Waals surface area contributed by atoms with Gasteiger partial charge in [-0.2, -0.15) is 0 Å². The zero-order valence-electron chi connectivity index (χ0n) is 12.0. The molecule has 1 aliphatic carbocycles. The number of nitrogens with one attached hydrogen (secondary N) is 1. The van der Waals surface area contributed by atoms with Crippen LogP contribution in [-0.4, -0.2) is 5.91 Å². The molecule has 1 unspecified atom stereocenters. The highest BCUT2D eigenvalue weighted by Gasteiger charge is 2.24.